The molecule has 0 aliphatic rings. The predicted octanol–water partition coefficient (Wildman–Crippen LogP) is 13.2. The van der Waals surface area contributed by atoms with E-state index < -0.39 is 0 Å². The van der Waals surface area contributed by atoms with E-state index in [2.05, 4.69) is 210 Å². The fourth-order valence-corrected chi connectivity index (χ4v) is 7.10. The van der Waals surface area contributed by atoms with Crippen LogP contribution in [0.1, 0.15) is 77.6 Å². The van der Waals surface area contributed by atoms with Gasteiger partial charge < -0.3 is 9.47 Å². The highest BCUT2D eigenvalue weighted by Gasteiger charge is 2.24. The second-order valence-corrected chi connectivity index (χ2v) is 16.0. The van der Waals surface area contributed by atoms with E-state index in [1.807, 2.05) is 0 Å². The molecule has 0 saturated carbocycles. The Labute approximate surface area is 292 Å². The minimum Gasteiger partial charge on any atom is -0.310 e. The van der Waals surface area contributed by atoms with Gasteiger partial charge in [-0.2, -0.15) is 0 Å². The highest BCUT2D eigenvalue weighted by molar-refractivity contribution is 6.10. The number of rotatable bonds is 6. The van der Waals surface area contributed by atoms with Gasteiger partial charge in [0.2, 0.25) is 0 Å². The highest BCUT2D eigenvalue weighted by Crippen LogP contribution is 2.41. The van der Waals surface area contributed by atoms with Crippen LogP contribution in [-0.4, -0.2) is 4.57 Å². The molecule has 0 amide bonds. The summed E-state index contributed by atoms with van der Waals surface area (Å²) in [6.07, 6.45) is 0. The molecule has 2 nitrogen and oxygen atoms in total. The summed E-state index contributed by atoms with van der Waals surface area (Å²) in [6.45, 7) is 18.2. The molecular weight excluding hydrogens is 593 g/mol. The van der Waals surface area contributed by atoms with E-state index in [-0.39, 0.29) is 16.2 Å². The van der Waals surface area contributed by atoms with Crippen LogP contribution < -0.4 is 4.90 Å². The van der Waals surface area contributed by atoms with Crippen molar-refractivity contribution in [3.63, 3.8) is 0 Å². The van der Waals surface area contributed by atoms with Gasteiger partial charge in [0.1, 0.15) is 0 Å². The van der Waals surface area contributed by atoms with E-state index in [1.165, 1.54) is 49.7 Å². The Morgan fingerprint density at radius 3 is 1.39 bits per heavy atom. The molecule has 0 bridgehead atoms. The number of para-hydroxylation sites is 1. The van der Waals surface area contributed by atoms with Gasteiger partial charge in [-0.3, -0.25) is 0 Å². The first-order valence-electron chi connectivity index (χ1n) is 17.5. The number of fused-ring (bicyclic) bond motifs is 3. The summed E-state index contributed by atoms with van der Waals surface area (Å²) in [5.74, 6) is 0. The van der Waals surface area contributed by atoms with E-state index in [0.717, 1.165) is 17.1 Å². The Kier molecular flexibility index (Phi) is 8.02. The molecule has 0 N–H and O–H groups in total. The minimum absolute atomic E-state index is 0.0882. The molecular formula is C47H48N2. The Bertz CT molecular complexity index is 2160. The summed E-state index contributed by atoms with van der Waals surface area (Å²) in [6, 6.07) is 53.8. The number of benzene rings is 6. The molecule has 49 heavy (non-hydrogen) atoms. The summed E-state index contributed by atoms with van der Waals surface area (Å²) in [4.78, 5) is 2.39. The third-order valence-electron chi connectivity index (χ3n) is 10.2. The second kappa shape index (κ2) is 12.1. The maximum absolute atomic E-state index is 2.41. The molecule has 0 fully saturated rings. The number of aromatic nitrogens is 1. The SMILES string of the molecule is CC(C)(C)c1ccc(N(c2ccc(C(C)(C)C)cc2)c2ccc3c(c2)c2ccccc2n3-c2ccc(C(C)(C)c3ccccc3)cc2)cc1. The van der Waals surface area contributed by atoms with E-state index in [9.17, 15) is 0 Å². The van der Waals surface area contributed by atoms with Crippen molar-refractivity contribution >= 4 is 38.9 Å². The molecule has 0 spiro atoms. The third kappa shape index (κ3) is 6.06. The molecule has 0 unspecified atom stereocenters. The molecule has 0 aliphatic carbocycles. The van der Waals surface area contributed by atoms with Crippen LogP contribution in [0.3, 0.4) is 0 Å². The number of nitrogens with zero attached hydrogens (tertiary/aromatic N) is 2. The van der Waals surface area contributed by atoms with Gasteiger partial charge in [-0.1, -0.05) is 140 Å². The largest absolute Gasteiger partial charge is 0.310 e. The van der Waals surface area contributed by atoms with Crippen LogP contribution >= 0.6 is 0 Å². The predicted molar refractivity (Wildman–Crippen MR) is 211 cm³/mol. The van der Waals surface area contributed by atoms with Gasteiger partial charge >= 0.3 is 0 Å². The summed E-state index contributed by atoms with van der Waals surface area (Å²) in [5.41, 5.74) is 12.4. The van der Waals surface area contributed by atoms with Crippen molar-refractivity contribution in [2.45, 2.75) is 71.6 Å². The van der Waals surface area contributed by atoms with Crippen LogP contribution in [0, 0.1) is 0 Å². The van der Waals surface area contributed by atoms with Gasteiger partial charge in [0, 0.05) is 38.9 Å². The molecule has 7 rings (SSSR count). The van der Waals surface area contributed by atoms with Crippen molar-refractivity contribution in [3.8, 4) is 5.69 Å². The van der Waals surface area contributed by atoms with Crippen molar-refractivity contribution in [3.05, 3.63) is 168 Å². The average molecular weight is 641 g/mol. The lowest BCUT2D eigenvalue weighted by Crippen LogP contribution is -2.18. The van der Waals surface area contributed by atoms with E-state index in [4.69, 9.17) is 0 Å². The molecule has 0 aliphatic heterocycles. The van der Waals surface area contributed by atoms with Crippen LogP contribution in [0.5, 0.6) is 0 Å². The lowest BCUT2D eigenvalue weighted by Gasteiger charge is -2.28. The first-order chi connectivity index (χ1) is 23.3. The highest BCUT2D eigenvalue weighted by atomic mass is 15.1. The van der Waals surface area contributed by atoms with Gasteiger partial charge in [0.25, 0.3) is 0 Å². The van der Waals surface area contributed by atoms with Gasteiger partial charge in [-0.05, 0) is 93.7 Å². The van der Waals surface area contributed by atoms with Gasteiger partial charge in [-0.15, -0.1) is 0 Å². The molecule has 1 heterocycles. The van der Waals surface area contributed by atoms with Crippen LogP contribution in [0.25, 0.3) is 27.5 Å². The molecule has 7 aromatic rings. The number of anilines is 3. The van der Waals surface area contributed by atoms with Crippen LogP contribution in [0.4, 0.5) is 17.1 Å². The van der Waals surface area contributed by atoms with Crippen LogP contribution in [0.2, 0.25) is 0 Å². The first kappa shape index (κ1) is 32.5. The zero-order valence-corrected chi connectivity index (χ0v) is 30.3. The standard InChI is InChI=1S/C47H48N2/c1-45(2,3)33-18-24-37(25-19-33)48(38-26-20-34(21-27-38)46(4,5)6)40-30-31-44-42(32-40)41-16-12-13-17-43(41)49(44)39-28-22-36(23-29-39)47(7,8)35-14-10-9-11-15-35/h9-32H,1-8H3. The van der Waals surface area contributed by atoms with Crippen molar-refractivity contribution in [1.82, 2.24) is 4.57 Å². The molecule has 0 atom stereocenters. The van der Waals surface area contributed by atoms with Gasteiger partial charge in [-0.25, -0.2) is 0 Å². The second-order valence-electron chi connectivity index (χ2n) is 16.0. The lowest BCUT2D eigenvalue weighted by molar-refractivity contribution is 0.590. The maximum Gasteiger partial charge on any atom is 0.0542 e. The van der Waals surface area contributed by atoms with E-state index >= 15 is 0 Å². The summed E-state index contributed by atoms with van der Waals surface area (Å²) >= 11 is 0. The quantitative estimate of drug-likeness (QED) is 0.176. The summed E-state index contributed by atoms with van der Waals surface area (Å²) in [7, 11) is 0. The molecule has 0 saturated heterocycles. The van der Waals surface area contributed by atoms with Crippen LogP contribution in [-0.2, 0) is 16.2 Å². The topological polar surface area (TPSA) is 8.17 Å². The zero-order valence-electron chi connectivity index (χ0n) is 30.3. The van der Waals surface area contributed by atoms with Gasteiger partial charge in [0.05, 0.1) is 11.0 Å². The zero-order chi connectivity index (χ0) is 34.6. The third-order valence-corrected chi connectivity index (χ3v) is 10.2. The molecule has 0 radical (unpaired) electrons. The molecule has 2 heteroatoms. The fourth-order valence-electron chi connectivity index (χ4n) is 7.10. The monoisotopic (exact) mass is 640 g/mol. The van der Waals surface area contributed by atoms with Crippen molar-refractivity contribution in [2.75, 3.05) is 4.90 Å². The normalized spacial score (nSPS) is 12.5. The van der Waals surface area contributed by atoms with Crippen molar-refractivity contribution < 1.29 is 0 Å². The molecule has 246 valence electrons. The van der Waals surface area contributed by atoms with E-state index in [0.29, 0.717) is 0 Å². The number of hydrogen-bond donors (Lipinski definition) is 0. The summed E-state index contributed by atoms with van der Waals surface area (Å²) < 4.78 is 2.41. The molecule has 6 aromatic carbocycles. The number of hydrogen-bond acceptors (Lipinski definition) is 1. The first-order valence-corrected chi connectivity index (χ1v) is 17.5. The molecule has 1 aromatic heterocycles. The minimum atomic E-state index is -0.0882. The Balaban J connectivity index is 1.35. The smallest absolute Gasteiger partial charge is 0.0542 e. The lowest BCUT2D eigenvalue weighted by atomic mass is 9.78. The van der Waals surface area contributed by atoms with E-state index in [1.54, 1.807) is 0 Å². The fraction of sp³-hybridized carbons (Fsp3) is 0.234. The Morgan fingerprint density at radius 2 is 0.837 bits per heavy atom. The van der Waals surface area contributed by atoms with Crippen LogP contribution in [0.15, 0.2) is 146 Å². The van der Waals surface area contributed by atoms with Crippen molar-refractivity contribution in [2.24, 2.45) is 0 Å². The van der Waals surface area contributed by atoms with Crippen molar-refractivity contribution in [1.29, 1.82) is 0 Å². The van der Waals surface area contributed by atoms with Gasteiger partial charge in [0.15, 0.2) is 0 Å². The maximum atomic E-state index is 2.41. The summed E-state index contributed by atoms with van der Waals surface area (Å²) in [5, 5.41) is 2.49. The Morgan fingerprint density at radius 1 is 0.388 bits per heavy atom. The Hall–Kier alpha value is -5.08. The average Bonchev–Trinajstić information content (AvgIpc) is 3.42.